The average Bonchev–Trinajstić information content (AvgIpc) is 2.69. The molecule has 2 heterocycles. The molecule has 3 aromatic rings. The standard InChI is InChI=1S/C19H18F2N4O3/c1-22-6-8-23(9-7-22)17-11-16-14(10-15(17)21)18(26)25(28)19(27)24(16)13-4-2-12(20)3-5-13/h2-5,10-11,28H,6-9H2,1H3. The highest BCUT2D eigenvalue weighted by Crippen LogP contribution is 2.26. The number of rotatable bonds is 2. The fourth-order valence-corrected chi connectivity index (χ4v) is 3.44. The molecule has 0 atom stereocenters. The van der Waals surface area contributed by atoms with Crippen molar-refractivity contribution in [3.8, 4) is 5.69 Å². The first-order chi connectivity index (χ1) is 13.4. The molecule has 1 N–H and O–H groups in total. The molecule has 4 rings (SSSR count). The second-order valence-corrected chi connectivity index (χ2v) is 6.82. The third-order valence-corrected chi connectivity index (χ3v) is 5.03. The third-order valence-electron chi connectivity index (χ3n) is 5.03. The first kappa shape index (κ1) is 18.2. The van der Waals surface area contributed by atoms with Crippen molar-refractivity contribution in [2.45, 2.75) is 0 Å². The van der Waals surface area contributed by atoms with Gasteiger partial charge in [0.1, 0.15) is 11.6 Å². The summed E-state index contributed by atoms with van der Waals surface area (Å²) in [6, 6.07) is 7.47. The number of halogens is 2. The van der Waals surface area contributed by atoms with Crippen LogP contribution in [0.4, 0.5) is 14.5 Å². The van der Waals surface area contributed by atoms with E-state index in [2.05, 4.69) is 4.90 Å². The largest absolute Gasteiger partial charge is 0.421 e. The van der Waals surface area contributed by atoms with Crippen molar-refractivity contribution >= 4 is 16.6 Å². The zero-order valence-electron chi connectivity index (χ0n) is 15.1. The number of likely N-dealkylation sites (N-methyl/N-ethyl adjacent to an activating group) is 1. The van der Waals surface area contributed by atoms with Gasteiger partial charge in [-0.25, -0.2) is 13.6 Å². The van der Waals surface area contributed by atoms with Crippen LogP contribution in [0.15, 0.2) is 46.0 Å². The van der Waals surface area contributed by atoms with Crippen LogP contribution in [-0.2, 0) is 0 Å². The summed E-state index contributed by atoms with van der Waals surface area (Å²) in [7, 11) is 1.98. The zero-order chi connectivity index (χ0) is 20.0. The Balaban J connectivity index is 1.99. The van der Waals surface area contributed by atoms with Crippen molar-refractivity contribution in [3.05, 3.63) is 68.9 Å². The third kappa shape index (κ3) is 2.93. The summed E-state index contributed by atoms with van der Waals surface area (Å²) in [6.45, 7) is 2.69. The molecular formula is C19H18F2N4O3. The summed E-state index contributed by atoms with van der Waals surface area (Å²) >= 11 is 0. The van der Waals surface area contributed by atoms with E-state index in [4.69, 9.17) is 0 Å². The lowest BCUT2D eigenvalue weighted by atomic mass is 10.1. The summed E-state index contributed by atoms with van der Waals surface area (Å²) in [5.41, 5.74) is -1.37. The molecule has 9 heteroatoms. The summed E-state index contributed by atoms with van der Waals surface area (Å²) in [5.74, 6) is -1.11. The van der Waals surface area contributed by atoms with Gasteiger partial charge in [0, 0.05) is 26.2 Å². The molecule has 1 aromatic heterocycles. The van der Waals surface area contributed by atoms with E-state index in [0.29, 0.717) is 13.1 Å². The number of fused-ring (bicyclic) bond motifs is 1. The van der Waals surface area contributed by atoms with Gasteiger partial charge in [0.25, 0.3) is 5.56 Å². The SMILES string of the molecule is CN1CCN(c2cc3c(cc2F)c(=O)n(O)c(=O)n3-c2ccc(F)cc2)CC1. The number of piperazine rings is 1. The molecule has 28 heavy (non-hydrogen) atoms. The Hall–Kier alpha value is -3.20. The number of hydrogen-bond donors (Lipinski definition) is 1. The molecule has 2 aromatic carbocycles. The van der Waals surface area contributed by atoms with Crippen LogP contribution in [0.1, 0.15) is 0 Å². The van der Waals surface area contributed by atoms with Crippen LogP contribution < -0.4 is 16.1 Å². The summed E-state index contributed by atoms with van der Waals surface area (Å²) in [4.78, 5) is 28.9. The summed E-state index contributed by atoms with van der Waals surface area (Å²) in [5, 5.41) is 9.75. The van der Waals surface area contributed by atoms with Gasteiger partial charge in [0.05, 0.1) is 22.3 Å². The number of nitrogens with zero attached hydrogens (tertiary/aromatic N) is 4. The normalized spacial score (nSPS) is 15.3. The van der Waals surface area contributed by atoms with Gasteiger partial charge in [0.15, 0.2) is 0 Å². The first-order valence-corrected chi connectivity index (χ1v) is 8.77. The second kappa shape index (κ2) is 6.75. The summed E-state index contributed by atoms with van der Waals surface area (Å²) in [6.07, 6.45) is 0. The molecule has 7 nitrogen and oxygen atoms in total. The number of aromatic nitrogens is 2. The van der Waals surface area contributed by atoms with E-state index in [1.165, 1.54) is 18.2 Å². The fourth-order valence-electron chi connectivity index (χ4n) is 3.44. The van der Waals surface area contributed by atoms with Gasteiger partial charge in [-0.15, -0.1) is 0 Å². The molecule has 1 aliphatic heterocycles. The predicted octanol–water partition coefficient (Wildman–Crippen LogP) is 1.42. The van der Waals surface area contributed by atoms with Crippen LogP contribution in [0.5, 0.6) is 0 Å². The zero-order valence-corrected chi connectivity index (χ0v) is 15.1. The predicted molar refractivity (Wildman–Crippen MR) is 101 cm³/mol. The van der Waals surface area contributed by atoms with Gasteiger partial charge >= 0.3 is 5.69 Å². The van der Waals surface area contributed by atoms with Gasteiger partial charge in [-0.05, 0) is 43.4 Å². The van der Waals surface area contributed by atoms with Crippen molar-refractivity contribution in [1.29, 1.82) is 0 Å². The lowest BCUT2D eigenvalue weighted by molar-refractivity contribution is 0.160. The monoisotopic (exact) mass is 388 g/mol. The summed E-state index contributed by atoms with van der Waals surface area (Å²) < 4.78 is 29.1. The Morgan fingerprint density at radius 2 is 1.61 bits per heavy atom. The van der Waals surface area contributed by atoms with Crippen LogP contribution in [0.3, 0.4) is 0 Å². The minimum absolute atomic E-state index is 0.0688. The van der Waals surface area contributed by atoms with Crippen LogP contribution in [0.25, 0.3) is 16.6 Å². The van der Waals surface area contributed by atoms with Crippen molar-refractivity contribution in [2.75, 3.05) is 38.1 Å². The Labute approximate surface area is 158 Å². The van der Waals surface area contributed by atoms with E-state index in [1.807, 2.05) is 11.9 Å². The van der Waals surface area contributed by atoms with E-state index < -0.39 is 22.9 Å². The van der Waals surface area contributed by atoms with Crippen molar-refractivity contribution < 1.29 is 14.0 Å². The molecular weight excluding hydrogens is 370 g/mol. The Morgan fingerprint density at radius 1 is 0.964 bits per heavy atom. The number of benzene rings is 2. The number of anilines is 1. The van der Waals surface area contributed by atoms with Crippen molar-refractivity contribution in [1.82, 2.24) is 14.2 Å². The minimum atomic E-state index is -1.01. The van der Waals surface area contributed by atoms with E-state index in [9.17, 15) is 23.6 Å². The molecule has 1 aliphatic rings. The Morgan fingerprint density at radius 3 is 2.25 bits per heavy atom. The lowest BCUT2D eigenvalue weighted by Crippen LogP contribution is -2.45. The van der Waals surface area contributed by atoms with E-state index in [1.54, 1.807) is 0 Å². The molecule has 1 fully saturated rings. The second-order valence-electron chi connectivity index (χ2n) is 6.82. The van der Waals surface area contributed by atoms with Gasteiger partial charge in [-0.3, -0.25) is 9.36 Å². The molecule has 0 amide bonds. The van der Waals surface area contributed by atoms with Crippen LogP contribution >= 0.6 is 0 Å². The highest BCUT2D eigenvalue weighted by atomic mass is 19.1. The van der Waals surface area contributed by atoms with Crippen LogP contribution in [0, 0.1) is 11.6 Å². The first-order valence-electron chi connectivity index (χ1n) is 8.77. The van der Waals surface area contributed by atoms with Crippen LogP contribution in [0.2, 0.25) is 0 Å². The molecule has 146 valence electrons. The van der Waals surface area contributed by atoms with E-state index >= 15 is 0 Å². The Bertz CT molecular complexity index is 1160. The maximum atomic E-state index is 14.8. The van der Waals surface area contributed by atoms with E-state index in [-0.39, 0.29) is 27.0 Å². The quantitative estimate of drug-likeness (QED) is 0.673. The van der Waals surface area contributed by atoms with Crippen LogP contribution in [-0.4, -0.2) is 52.6 Å². The average molecular weight is 388 g/mol. The van der Waals surface area contributed by atoms with Gasteiger partial charge < -0.3 is 15.0 Å². The molecule has 0 aliphatic carbocycles. The van der Waals surface area contributed by atoms with Gasteiger partial charge in [-0.2, -0.15) is 0 Å². The fraction of sp³-hybridized carbons (Fsp3) is 0.263. The topological polar surface area (TPSA) is 70.7 Å². The molecule has 0 bridgehead atoms. The molecule has 0 saturated carbocycles. The van der Waals surface area contributed by atoms with E-state index in [0.717, 1.165) is 35.9 Å². The maximum absolute atomic E-state index is 14.8. The molecule has 0 unspecified atom stereocenters. The van der Waals surface area contributed by atoms with Gasteiger partial charge in [-0.1, -0.05) is 4.73 Å². The molecule has 1 saturated heterocycles. The molecule has 0 radical (unpaired) electrons. The minimum Gasteiger partial charge on any atom is -0.421 e. The molecule has 0 spiro atoms. The number of hydrogen-bond acceptors (Lipinski definition) is 5. The lowest BCUT2D eigenvalue weighted by Gasteiger charge is -2.34. The maximum Gasteiger partial charge on any atom is 0.369 e. The highest BCUT2D eigenvalue weighted by Gasteiger charge is 2.21. The smallest absolute Gasteiger partial charge is 0.369 e. The Kier molecular flexibility index (Phi) is 4.38. The van der Waals surface area contributed by atoms with Crippen molar-refractivity contribution in [2.24, 2.45) is 0 Å². The van der Waals surface area contributed by atoms with Crippen molar-refractivity contribution in [3.63, 3.8) is 0 Å². The van der Waals surface area contributed by atoms with Gasteiger partial charge in [0.2, 0.25) is 0 Å². The highest BCUT2D eigenvalue weighted by molar-refractivity contribution is 5.84.